The molecule has 1 rings (SSSR count). The number of hydrogen-bond acceptors (Lipinski definition) is 5. The Labute approximate surface area is 111 Å². The van der Waals surface area contributed by atoms with Crippen LogP contribution >= 0.6 is 0 Å². The summed E-state index contributed by atoms with van der Waals surface area (Å²) in [7, 11) is 0. The topological polar surface area (TPSA) is 93.5 Å². The number of ether oxygens (including phenoxy) is 1. The van der Waals surface area contributed by atoms with E-state index < -0.39 is 11.7 Å². The largest absolute Gasteiger partial charge is 0.444 e. The minimum Gasteiger partial charge on any atom is -0.444 e. The third-order valence-electron chi connectivity index (χ3n) is 1.98. The van der Waals surface area contributed by atoms with E-state index in [0.29, 0.717) is 19.5 Å². The number of nitrogens with zero attached hydrogens (tertiary/aromatic N) is 1. The van der Waals surface area contributed by atoms with E-state index in [1.165, 1.54) is 12.3 Å². The molecule has 7 heteroatoms. The van der Waals surface area contributed by atoms with Crippen molar-refractivity contribution in [2.45, 2.75) is 32.8 Å². The molecule has 1 aromatic rings. The van der Waals surface area contributed by atoms with Crippen LogP contribution in [-0.2, 0) is 4.74 Å². The highest BCUT2D eigenvalue weighted by atomic mass is 16.6. The van der Waals surface area contributed by atoms with Gasteiger partial charge in [0.1, 0.15) is 11.9 Å². The lowest BCUT2D eigenvalue weighted by molar-refractivity contribution is 0.0527. The average molecular weight is 269 g/mol. The average Bonchev–Trinajstić information content (AvgIpc) is 2.79. The second kappa shape index (κ2) is 6.77. The Kier molecular flexibility index (Phi) is 5.35. The van der Waals surface area contributed by atoms with Crippen LogP contribution in [-0.4, -0.2) is 35.8 Å². The number of hydrogen-bond donors (Lipinski definition) is 2. The zero-order chi connectivity index (χ0) is 14.3. The molecule has 19 heavy (non-hydrogen) atoms. The fourth-order valence-electron chi connectivity index (χ4n) is 1.22. The molecule has 0 spiro atoms. The lowest BCUT2D eigenvalue weighted by atomic mass is 10.2. The van der Waals surface area contributed by atoms with Crippen LogP contribution in [0.4, 0.5) is 4.79 Å². The molecule has 0 saturated heterocycles. The van der Waals surface area contributed by atoms with E-state index in [1.807, 2.05) is 0 Å². The number of carbonyl (C=O) groups is 2. The summed E-state index contributed by atoms with van der Waals surface area (Å²) in [4.78, 5) is 22.7. The number of nitrogens with one attached hydrogen (secondary N) is 2. The van der Waals surface area contributed by atoms with Crippen molar-refractivity contribution >= 4 is 12.0 Å². The van der Waals surface area contributed by atoms with Gasteiger partial charge in [0.15, 0.2) is 5.69 Å². The Hall–Kier alpha value is -2.05. The van der Waals surface area contributed by atoms with Crippen molar-refractivity contribution in [3.05, 3.63) is 18.0 Å². The zero-order valence-electron chi connectivity index (χ0n) is 11.4. The van der Waals surface area contributed by atoms with Crippen molar-refractivity contribution in [2.75, 3.05) is 13.1 Å². The van der Waals surface area contributed by atoms with Crippen LogP contribution in [0.5, 0.6) is 0 Å². The van der Waals surface area contributed by atoms with Crippen LogP contribution in [0.15, 0.2) is 16.9 Å². The second-order valence-electron chi connectivity index (χ2n) is 4.92. The third-order valence-corrected chi connectivity index (χ3v) is 1.98. The van der Waals surface area contributed by atoms with Crippen LogP contribution in [0, 0.1) is 0 Å². The van der Waals surface area contributed by atoms with Crippen LogP contribution in [0.1, 0.15) is 37.7 Å². The van der Waals surface area contributed by atoms with E-state index in [9.17, 15) is 9.59 Å². The Bertz CT molecular complexity index is 409. The summed E-state index contributed by atoms with van der Waals surface area (Å²) in [6.45, 7) is 6.25. The van der Waals surface area contributed by atoms with Crippen LogP contribution in [0.2, 0.25) is 0 Å². The lowest BCUT2D eigenvalue weighted by Crippen LogP contribution is -2.34. The molecule has 0 fully saturated rings. The molecule has 2 N–H and O–H groups in total. The van der Waals surface area contributed by atoms with Gasteiger partial charge in [-0.05, 0) is 27.2 Å². The van der Waals surface area contributed by atoms with E-state index in [2.05, 4.69) is 20.3 Å². The van der Waals surface area contributed by atoms with Gasteiger partial charge in [-0.2, -0.15) is 0 Å². The van der Waals surface area contributed by atoms with Gasteiger partial charge in [0.25, 0.3) is 5.91 Å². The summed E-state index contributed by atoms with van der Waals surface area (Å²) in [6.07, 6.45) is 1.47. The number of alkyl carbamates (subject to hydrolysis) is 1. The summed E-state index contributed by atoms with van der Waals surface area (Å²) in [6, 6.07) is 1.48. The second-order valence-corrected chi connectivity index (χ2v) is 4.92. The minimum atomic E-state index is -0.509. The van der Waals surface area contributed by atoms with Crippen molar-refractivity contribution in [3.8, 4) is 0 Å². The van der Waals surface area contributed by atoms with Crippen LogP contribution in [0.25, 0.3) is 0 Å². The molecule has 7 nitrogen and oxygen atoms in total. The molecule has 0 aliphatic heterocycles. The molecule has 0 aliphatic carbocycles. The summed E-state index contributed by atoms with van der Waals surface area (Å²) >= 11 is 0. The summed E-state index contributed by atoms with van der Waals surface area (Å²) < 4.78 is 9.62. The molecule has 0 aromatic carbocycles. The first-order valence-electron chi connectivity index (χ1n) is 6.04. The third kappa shape index (κ3) is 6.44. The Morgan fingerprint density at radius 1 is 1.32 bits per heavy atom. The van der Waals surface area contributed by atoms with Gasteiger partial charge < -0.3 is 19.9 Å². The maximum atomic E-state index is 11.4. The normalized spacial score (nSPS) is 10.9. The van der Waals surface area contributed by atoms with Crippen molar-refractivity contribution < 1.29 is 18.8 Å². The maximum absolute atomic E-state index is 11.4. The van der Waals surface area contributed by atoms with Crippen molar-refractivity contribution in [3.63, 3.8) is 0 Å². The van der Waals surface area contributed by atoms with Gasteiger partial charge in [0, 0.05) is 19.2 Å². The number of carbonyl (C=O) groups excluding carboxylic acids is 2. The van der Waals surface area contributed by atoms with Crippen molar-refractivity contribution in [2.24, 2.45) is 0 Å². The van der Waals surface area contributed by atoms with Crippen LogP contribution < -0.4 is 10.6 Å². The monoisotopic (exact) mass is 269 g/mol. The molecule has 0 saturated carbocycles. The zero-order valence-corrected chi connectivity index (χ0v) is 11.4. The molecule has 0 atom stereocenters. The number of amides is 2. The highest BCUT2D eigenvalue weighted by Crippen LogP contribution is 2.06. The lowest BCUT2D eigenvalue weighted by Gasteiger charge is -2.19. The summed E-state index contributed by atoms with van der Waals surface area (Å²) in [5.41, 5.74) is -0.272. The smallest absolute Gasteiger partial charge is 0.407 e. The first-order chi connectivity index (χ1) is 8.88. The molecule has 1 heterocycles. The first-order valence-corrected chi connectivity index (χ1v) is 6.04. The highest BCUT2D eigenvalue weighted by Gasteiger charge is 2.15. The van der Waals surface area contributed by atoms with E-state index in [-0.39, 0.29) is 11.6 Å². The molecule has 106 valence electrons. The molecule has 0 aliphatic rings. The number of rotatable bonds is 5. The molecule has 0 radical (unpaired) electrons. The van der Waals surface area contributed by atoms with E-state index in [4.69, 9.17) is 4.74 Å². The van der Waals surface area contributed by atoms with Gasteiger partial charge in [0.2, 0.25) is 0 Å². The predicted molar refractivity (Wildman–Crippen MR) is 67.7 cm³/mol. The molecule has 2 amide bonds. The fourth-order valence-corrected chi connectivity index (χ4v) is 1.22. The van der Waals surface area contributed by atoms with Crippen molar-refractivity contribution in [1.82, 2.24) is 15.8 Å². The Balaban J connectivity index is 2.09. The van der Waals surface area contributed by atoms with Gasteiger partial charge in [0.05, 0.1) is 0 Å². The Morgan fingerprint density at radius 3 is 2.58 bits per heavy atom. The van der Waals surface area contributed by atoms with Gasteiger partial charge in [-0.1, -0.05) is 5.16 Å². The minimum absolute atomic E-state index is 0.236. The van der Waals surface area contributed by atoms with Gasteiger partial charge >= 0.3 is 6.09 Å². The molecule has 0 unspecified atom stereocenters. The van der Waals surface area contributed by atoms with Gasteiger partial charge in [-0.3, -0.25) is 4.79 Å². The molecular formula is C12H19N3O4. The van der Waals surface area contributed by atoms with Gasteiger partial charge in [-0.25, -0.2) is 4.79 Å². The van der Waals surface area contributed by atoms with E-state index >= 15 is 0 Å². The quantitative estimate of drug-likeness (QED) is 0.786. The first kappa shape index (κ1) is 15.0. The van der Waals surface area contributed by atoms with Gasteiger partial charge in [-0.15, -0.1) is 0 Å². The SMILES string of the molecule is CC(C)(C)OC(=O)NCCCNC(=O)c1ccon1. The molecular weight excluding hydrogens is 250 g/mol. The standard InChI is InChI=1S/C12H19N3O4/c1-12(2,3)19-11(17)14-7-4-6-13-10(16)9-5-8-18-15-9/h5,8H,4,6-7H2,1-3H3,(H,13,16)(H,14,17). The predicted octanol–water partition coefficient (Wildman–Crippen LogP) is 1.32. The number of aromatic nitrogens is 1. The highest BCUT2D eigenvalue weighted by molar-refractivity contribution is 5.91. The van der Waals surface area contributed by atoms with Crippen molar-refractivity contribution in [1.29, 1.82) is 0 Å². The molecule has 0 bridgehead atoms. The Morgan fingerprint density at radius 2 is 2.00 bits per heavy atom. The fraction of sp³-hybridized carbons (Fsp3) is 0.583. The van der Waals surface area contributed by atoms with E-state index in [1.54, 1.807) is 20.8 Å². The maximum Gasteiger partial charge on any atom is 0.407 e. The van der Waals surface area contributed by atoms with E-state index in [0.717, 1.165) is 0 Å². The summed E-state index contributed by atoms with van der Waals surface area (Å²) in [5, 5.41) is 8.76. The summed E-state index contributed by atoms with van der Waals surface area (Å²) in [5.74, 6) is -0.300. The molecule has 1 aromatic heterocycles. The van der Waals surface area contributed by atoms with Crippen LogP contribution in [0.3, 0.4) is 0 Å².